The van der Waals surface area contributed by atoms with Gasteiger partial charge in [0.1, 0.15) is 0 Å². The number of aromatic nitrogens is 1. The highest BCUT2D eigenvalue weighted by Crippen LogP contribution is 2.26. The molecule has 3 rings (SSSR count). The van der Waals surface area contributed by atoms with Crippen LogP contribution in [-0.4, -0.2) is 41.5 Å². The highest BCUT2D eigenvalue weighted by atomic mass is 32.1. The summed E-state index contributed by atoms with van der Waals surface area (Å²) in [7, 11) is 0. The third-order valence-corrected chi connectivity index (χ3v) is 6.37. The van der Waals surface area contributed by atoms with Gasteiger partial charge < -0.3 is 9.64 Å². The predicted octanol–water partition coefficient (Wildman–Crippen LogP) is 4.93. The number of nitrogens with zero attached hydrogens (tertiary/aromatic N) is 2. The Balaban J connectivity index is 1.69. The summed E-state index contributed by atoms with van der Waals surface area (Å²) < 4.78 is 4.99. The Morgan fingerprint density at radius 2 is 1.84 bits per heavy atom. The van der Waals surface area contributed by atoms with Crippen molar-refractivity contribution in [2.45, 2.75) is 46.5 Å². The van der Waals surface area contributed by atoms with Crippen LogP contribution in [0.25, 0.3) is 10.8 Å². The van der Waals surface area contributed by atoms with E-state index in [0.717, 1.165) is 28.4 Å². The van der Waals surface area contributed by atoms with Crippen LogP contribution in [0.2, 0.25) is 0 Å². The van der Waals surface area contributed by atoms with Crippen molar-refractivity contribution in [3.8, 4) is 0 Å². The van der Waals surface area contributed by atoms with Crippen LogP contribution in [0.1, 0.15) is 47.8 Å². The number of rotatable bonds is 10. The first-order chi connectivity index (χ1) is 15.0. The molecule has 1 aromatic heterocycles. The molecule has 3 aromatic rings. The second-order valence-electron chi connectivity index (χ2n) is 7.54. The Morgan fingerprint density at radius 1 is 1.06 bits per heavy atom. The maximum absolute atomic E-state index is 12.9. The Hall–Kier alpha value is -2.73. The van der Waals surface area contributed by atoms with E-state index in [0.29, 0.717) is 26.1 Å². The van der Waals surface area contributed by atoms with Crippen molar-refractivity contribution < 1.29 is 14.3 Å². The van der Waals surface area contributed by atoms with E-state index in [2.05, 4.69) is 36.4 Å². The normalized spacial score (nSPS) is 10.9. The van der Waals surface area contributed by atoms with Gasteiger partial charge in [0, 0.05) is 24.4 Å². The molecular weight excluding hydrogens is 408 g/mol. The average Bonchev–Trinajstić information content (AvgIpc) is 3.10. The van der Waals surface area contributed by atoms with Crippen LogP contribution in [-0.2, 0) is 27.2 Å². The van der Waals surface area contributed by atoms with E-state index in [1.54, 1.807) is 23.2 Å². The summed E-state index contributed by atoms with van der Waals surface area (Å²) in [6.07, 6.45) is 2.15. The molecule has 31 heavy (non-hydrogen) atoms. The fourth-order valence-corrected chi connectivity index (χ4v) is 4.76. The number of hydrogen-bond acceptors (Lipinski definition) is 5. The van der Waals surface area contributed by atoms with Gasteiger partial charge in [-0.2, -0.15) is 0 Å². The van der Waals surface area contributed by atoms with Crippen LogP contribution in [0.4, 0.5) is 0 Å². The molecule has 1 heterocycles. The fraction of sp³-hybridized carbons (Fsp3) is 0.400. The third-order valence-electron chi connectivity index (χ3n) is 5.21. The standard InChI is InChI=1S/C25H30N2O3S/c1-4-14-27(15-13-25(29)30-5-2)24(28)17-22-18(3)26-23(31-22)16-20-11-8-10-19-9-6-7-12-21(19)20/h6-12H,4-5,13-17H2,1-3H3. The maximum Gasteiger partial charge on any atom is 0.307 e. The molecule has 0 fully saturated rings. The lowest BCUT2D eigenvalue weighted by atomic mass is 10.0. The first kappa shape index (κ1) is 22.9. The van der Waals surface area contributed by atoms with Gasteiger partial charge in [-0.25, -0.2) is 4.98 Å². The number of amides is 1. The number of hydrogen-bond donors (Lipinski definition) is 0. The Kier molecular flexibility index (Phi) is 8.18. The fourth-order valence-electron chi connectivity index (χ4n) is 3.68. The summed E-state index contributed by atoms with van der Waals surface area (Å²) >= 11 is 1.61. The zero-order chi connectivity index (χ0) is 22.2. The van der Waals surface area contributed by atoms with Crippen LogP contribution in [0.15, 0.2) is 42.5 Å². The summed E-state index contributed by atoms with van der Waals surface area (Å²) in [5, 5.41) is 3.48. The van der Waals surface area contributed by atoms with E-state index < -0.39 is 0 Å². The van der Waals surface area contributed by atoms with Crippen molar-refractivity contribution >= 4 is 34.0 Å². The van der Waals surface area contributed by atoms with E-state index in [1.165, 1.54) is 16.3 Å². The minimum Gasteiger partial charge on any atom is -0.466 e. The van der Waals surface area contributed by atoms with Crippen molar-refractivity contribution in [1.82, 2.24) is 9.88 Å². The van der Waals surface area contributed by atoms with Gasteiger partial charge in [0.15, 0.2) is 0 Å². The molecule has 0 unspecified atom stereocenters. The van der Waals surface area contributed by atoms with Gasteiger partial charge in [-0.15, -0.1) is 11.3 Å². The van der Waals surface area contributed by atoms with Gasteiger partial charge in [0.05, 0.1) is 30.2 Å². The van der Waals surface area contributed by atoms with Crippen molar-refractivity contribution in [2.75, 3.05) is 19.7 Å². The first-order valence-electron chi connectivity index (χ1n) is 10.9. The van der Waals surface area contributed by atoms with Gasteiger partial charge >= 0.3 is 5.97 Å². The SMILES string of the molecule is CCCN(CCC(=O)OCC)C(=O)Cc1sc(Cc2cccc3ccccc23)nc1C. The Labute approximate surface area is 188 Å². The molecule has 0 bridgehead atoms. The Bertz CT molecular complexity index is 1040. The minimum atomic E-state index is -0.261. The van der Waals surface area contributed by atoms with Gasteiger partial charge in [-0.1, -0.05) is 49.4 Å². The minimum absolute atomic E-state index is 0.0367. The number of esters is 1. The molecule has 2 aromatic carbocycles. The van der Waals surface area contributed by atoms with Gasteiger partial charge in [0.2, 0.25) is 5.91 Å². The first-order valence-corrected chi connectivity index (χ1v) is 11.7. The van der Waals surface area contributed by atoms with Gasteiger partial charge in [0.25, 0.3) is 0 Å². The topological polar surface area (TPSA) is 59.5 Å². The van der Waals surface area contributed by atoms with Crippen molar-refractivity contribution in [3.63, 3.8) is 0 Å². The van der Waals surface area contributed by atoms with Gasteiger partial charge in [-0.3, -0.25) is 9.59 Å². The molecule has 0 saturated heterocycles. The van der Waals surface area contributed by atoms with E-state index in [4.69, 9.17) is 9.72 Å². The number of carbonyl (C=O) groups is 2. The smallest absolute Gasteiger partial charge is 0.307 e. The number of carbonyl (C=O) groups excluding carboxylic acids is 2. The molecular formula is C25H30N2O3S. The molecule has 0 aliphatic carbocycles. The molecule has 0 N–H and O–H groups in total. The molecule has 0 aliphatic heterocycles. The average molecular weight is 439 g/mol. The van der Waals surface area contributed by atoms with E-state index in [9.17, 15) is 9.59 Å². The largest absolute Gasteiger partial charge is 0.466 e. The Morgan fingerprint density at radius 3 is 2.61 bits per heavy atom. The zero-order valence-corrected chi connectivity index (χ0v) is 19.3. The number of aryl methyl sites for hydroxylation is 1. The van der Waals surface area contributed by atoms with Crippen LogP contribution in [0, 0.1) is 6.92 Å². The zero-order valence-electron chi connectivity index (χ0n) is 18.5. The second kappa shape index (κ2) is 11.0. The molecule has 0 spiro atoms. The third kappa shape index (κ3) is 6.14. The molecule has 164 valence electrons. The summed E-state index contributed by atoms with van der Waals surface area (Å²) in [6.45, 7) is 7.18. The molecule has 0 aliphatic rings. The van der Waals surface area contributed by atoms with Crippen molar-refractivity contribution in [2.24, 2.45) is 0 Å². The predicted molar refractivity (Wildman–Crippen MR) is 125 cm³/mol. The quantitative estimate of drug-likeness (QED) is 0.421. The van der Waals surface area contributed by atoms with Crippen molar-refractivity contribution in [3.05, 3.63) is 63.6 Å². The molecule has 5 nitrogen and oxygen atoms in total. The molecule has 0 atom stereocenters. The highest BCUT2D eigenvalue weighted by Gasteiger charge is 2.19. The van der Waals surface area contributed by atoms with E-state index >= 15 is 0 Å². The van der Waals surface area contributed by atoms with Crippen molar-refractivity contribution in [1.29, 1.82) is 0 Å². The van der Waals surface area contributed by atoms with Gasteiger partial charge in [-0.05, 0) is 36.6 Å². The molecule has 0 saturated carbocycles. The maximum atomic E-state index is 12.9. The lowest BCUT2D eigenvalue weighted by Crippen LogP contribution is -2.35. The summed E-state index contributed by atoms with van der Waals surface area (Å²) in [5.74, 6) is -0.225. The van der Waals surface area contributed by atoms with Crippen LogP contribution >= 0.6 is 11.3 Å². The summed E-state index contributed by atoms with van der Waals surface area (Å²) in [5.41, 5.74) is 2.15. The number of ether oxygens (including phenoxy) is 1. The highest BCUT2D eigenvalue weighted by molar-refractivity contribution is 7.11. The molecule has 0 radical (unpaired) electrons. The van der Waals surface area contributed by atoms with Crippen LogP contribution in [0.3, 0.4) is 0 Å². The summed E-state index contributed by atoms with van der Waals surface area (Å²) in [4.78, 5) is 32.1. The van der Waals surface area contributed by atoms with Crippen LogP contribution < -0.4 is 0 Å². The lowest BCUT2D eigenvalue weighted by molar-refractivity contribution is -0.144. The number of benzene rings is 2. The van der Waals surface area contributed by atoms with E-state index in [1.807, 2.05) is 19.9 Å². The molecule has 6 heteroatoms. The number of thiazole rings is 1. The number of fused-ring (bicyclic) bond motifs is 1. The molecule has 1 amide bonds. The van der Waals surface area contributed by atoms with E-state index in [-0.39, 0.29) is 18.3 Å². The monoisotopic (exact) mass is 438 g/mol. The summed E-state index contributed by atoms with van der Waals surface area (Å²) in [6, 6.07) is 14.7. The lowest BCUT2D eigenvalue weighted by Gasteiger charge is -2.21. The second-order valence-corrected chi connectivity index (χ2v) is 8.71. The van der Waals surface area contributed by atoms with Crippen LogP contribution in [0.5, 0.6) is 0 Å².